The minimum Gasteiger partial charge on any atom is -0.456 e. The van der Waals surface area contributed by atoms with E-state index in [4.69, 9.17) is 16.3 Å². The first-order valence-electron chi connectivity index (χ1n) is 4.91. The molecule has 1 rings (SSSR count). The first-order chi connectivity index (χ1) is 7.33. The minimum absolute atomic E-state index is 0.389. The second-order valence-electron chi connectivity index (χ2n) is 4.45. The van der Waals surface area contributed by atoms with Gasteiger partial charge in [0.2, 0.25) is 0 Å². The Kier molecular flexibility index (Phi) is 4.39. The van der Waals surface area contributed by atoms with Crippen molar-refractivity contribution in [1.82, 2.24) is 0 Å². The molecule has 88 valence electrons. The lowest BCUT2D eigenvalue weighted by molar-refractivity contribution is 0.00697. The Balaban J connectivity index is 2.98. The molecule has 0 heterocycles. The van der Waals surface area contributed by atoms with Gasteiger partial charge in [-0.3, -0.25) is 0 Å². The van der Waals surface area contributed by atoms with Gasteiger partial charge < -0.3 is 4.74 Å². The first kappa shape index (κ1) is 13.5. The van der Waals surface area contributed by atoms with Gasteiger partial charge in [0.05, 0.1) is 10.6 Å². The lowest BCUT2D eigenvalue weighted by Crippen LogP contribution is -2.24. The fourth-order valence-corrected chi connectivity index (χ4v) is 1.69. The number of hydrogen-bond donors (Lipinski definition) is 0. The van der Waals surface area contributed by atoms with E-state index >= 15 is 0 Å². The molecule has 0 amide bonds. The Morgan fingerprint density at radius 2 is 2.06 bits per heavy atom. The van der Waals surface area contributed by atoms with Crippen molar-refractivity contribution in [1.29, 1.82) is 0 Å². The SMILES string of the molecule is CC(C)(C)OC(=O)c1cc(CBr)ccc1Cl. The Morgan fingerprint density at radius 3 is 2.56 bits per heavy atom. The molecular formula is C12H14BrClO2. The van der Waals surface area contributed by atoms with Gasteiger partial charge >= 0.3 is 5.97 Å². The van der Waals surface area contributed by atoms with Crippen LogP contribution in [-0.2, 0) is 10.1 Å². The molecule has 0 N–H and O–H groups in total. The third kappa shape index (κ3) is 3.80. The molecule has 0 saturated carbocycles. The summed E-state index contributed by atoms with van der Waals surface area (Å²) in [5, 5.41) is 1.10. The molecule has 16 heavy (non-hydrogen) atoms. The summed E-state index contributed by atoms with van der Waals surface area (Å²) in [6.07, 6.45) is 0. The molecule has 0 spiro atoms. The van der Waals surface area contributed by atoms with Crippen LogP contribution in [0.15, 0.2) is 18.2 Å². The third-order valence-electron chi connectivity index (χ3n) is 1.80. The van der Waals surface area contributed by atoms with Crippen LogP contribution in [-0.4, -0.2) is 11.6 Å². The molecule has 4 heteroatoms. The summed E-state index contributed by atoms with van der Waals surface area (Å²) in [6, 6.07) is 5.31. The standard InChI is InChI=1S/C12H14BrClO2/c1-12(2,3)16-11(15)9-6-8(7-13)4-5-10(9)14/h4-6H,7H2,1-3H3. The Labute approximate surface area is 109 Å². The summed E-state index contributed by atoms with van der Waals surface area (Å²) >= 11 is 9.29. The molecular weight excluding hydrogens is 291 g/mol. The molecule has 0 saturated heterocycles. The van der Waals surface area contributed by atoms with Crippen LogP contribution in [0.1, 0.15) is 36.7 Å². The van der Waals surface area contributed by atoms with E-state index in [-0.39, 0.29) is 5.97 Å². The zero-order valence-corrected chi connectivity index (χ0v) is 11.9. The average molecular weight is 306 g/mol. The first-order valence-corrected chi connectivity index (χ1v) is 6.41. The highest BCUT2D eigenvalue weighted by molar-refractivity contribution is 9.08. The summed E-state index contributed by atoms with van der Waals surface area (Å²) in [6.45, 7) is 5.48. The second-order valence-corrected chi connectivity index (χ2v) is 5.42. The lowest BCUT2D eigenvalue weighted by atomic mass is 10.1. The van der Waals surface area contributed by atoms with E-state index in [1.54, 1.807) is 12.1 Å². The van der Waals surface area contributed by atoms with E-state index in [0.717, 1.165) is 5.56 Å². The van der Waals surface area contributed by atoms with E-state index in [1.807, 2.05) is 26.8 Å². The maximum absolute atomic E-state index is 11.8. The molecule has 1 aromatic carbocycles. The average Bonchev–Trinajstić information content (AvgIpc) is 2.15. The Bertz CT molecular complexity index is 396. The minimum atomic E-state index is -0.509. The number of carbonyl (C=O) groups excluding carboxylic acids is 1. The highest BCUT2D eigenvalue weighted by atomic mass is 79.9. The van der Waals surface area contributed by atoms with Gasteiger partial charge in [0, 0.05) is 5.33 Å². The van der Waals surface area contributed by atoms with Crippen molar-refractivity contribution in [3.05, 3.63) is 34.3 Å². The van der Waals surface area contributed by atoms with Gasteiger partial charge in [0.15, 0.2) is 0 Å². The van der Waals surface area contributed by atoms with Gasteiger partial charge in [-0.1, -0.05) is 33.6 Å². The summed E-state index contributed by atoms with van der Waals surface area (Å²) in [5.41, 5.74) is 0.893. The van der Waals surface area contributed by atoms with Gasteiger partial charge in [-0.15, -0.1) is 0 Å². The van der Waals surface area contributed by atoms with Gasteiger partial charge in [0.1, 0.15) is 5.60 Å². The van der Waals surface area contributed by atoms with Crippen molar-refractivity contribution >= 4 is 33.5 Å². The third-order valence-corrected chi connectivity index (χ3v) is 2.78. The van der Waals surface area contributed by atoms with Crippen LogP contribution in [0.4, 0.5) is 0 Å². The number of alkyl halides is 1. The van der Waals surface area contributed by atoms with Gasteiger partial charge in [-0.05, 0) is 38.5 Å². The van der Waals surface area contributed by atoms with Crippen molar-refractivity contribution in [3.63, 3.8) is 0 Å². The summed E-state index contributed by atoms with van der Waals surface area (Å²) < 4.78 is 5.27. The van der Waals surface area contributed by atoms with Crippen molar-refractivity contribution in [2.75, 3.05) is 0 Å². The quantitative estimate of drug-likeness (QED) is 0.605. The highest BCUT2D eigenvalue weighted by Crippen LogP contribution is 2.22. The van der Waals surface area contributed by atoms with E-state index in [2.05, 4.69) is 15.9 Å². The number of benzene rings is 1. The molecule has 0 aliphatic carbocycles. The normalized spacial score (nSPS) is 11.3. The van der Waals surface area contributed by atoms with Crippen molar-refractivity contribution in [2.45, 2.75) is 31.7 Å². The maximum Gasteiger partial charge on any atom is 0.340 e. The van der Waals surface area contributed by atoms with Gasteiger partial charge in [0.25, 0.3) is 0 Å². The molecule has 0 aliphatic rings. The zero-order chi connectivity index (χ0) is 12.3. The summed E-state index contributed by atoms with van der Waals surface area (Å²) in [4.78, 5) is 11.8. The van der Waals surface area contributed by atoms with E-state index in [1.165, 1.54) is 0 Å². The Morgan fingerprint density at radius 1 is 1.44 bits per heavy atom. The van der Waals surface area contributed by atoms with E-state index < -0.39 is 5.60 Å². The van der Waals surface area contributed by atoms with E-state index in [9.17, 15) is 4.79 Å². The molecule has 0 bridgehead atoms. The largest absolute Gasteiger partial charge is 0.456 e. The van der Waals surface area contributed by atoms with Crippen LogP contribution in [0.2, 0.25) is 5.02 Å². The molecule has 0 radical (unpaired) electrons. The van der Waals surface area contributed by atoms with Crippen molar-refractivity contribution in [2.24, 2.45) is 0 Å². The molecule has 1 aromatic rings. The van der Waals surface area contributed by atoms with Gasteiger partial charge in [-0.2, -0.15) is 0 Å². The monoisotopic (exact) mass is 304 g/mol. The summed E-state index contributed by atoms with van der Waals surface area (Å²) in [7, 11) is 0. The number of esters is 1. The van der Waals surface area contributed by atoms with E-state index in [0.29, 0.717) is 15.9 Å². The molecule has 0 atom stereocenters. The molecule has 0 aromatic heterocycles. The predicted octanol–water partition coefficient (Wildman–Crippen LogP) is 4.19. The molecule has 0 fully saturated rings. The fourth-order valence-electron chi connectivity index (χ4n) is 1.15. The van der Waals surface area contributed by atoms with Crippen molar-refractivity contribution in [3.8, 4) is 0 Å². The maximum atomic E-state index is 11.8. The summed E-state index contributed by atoms with van der Waals surface area (Å²) in [5.74, 6) is -0.389. The van der Waals surface area contributed by atoms with Crippen LogP contribution in [0, 0.1) is 0 Å². The topological polar surface area (TPSA) is 26.3 Å². The van der Waals surface area contributed by atoms with Crippen LogP contribution in [0.5, 0.6) is 0 Å². The molecule has 0 aliphatic heterocycles. The Hall–Kier alpha value is -0.540. The zero-order valence-electron chi connectivity index (χ0n) is 9.51. The number of halogens is 2. The van der Waals surface area contributed by atoms with Crippen LogP contribution in [0.25, 0.3) is 0 Å². The van der Waals surface area contributed by atoms with Crippen molar-refractivity contribution < 1.29 is 9.53 Å². The number of hydrogen-bond acceptors (Lipinski definition) is 2. The van der Waals surface area contributed by atoms with Gasteiger partial charge in [-0.25, -0.2) is 4.79 Å². The fraction of sp³-hybridized carbons (Fsp3) is 0.417. The molecule has 0 unspecified atom stereocenters. The smallest absolute Gasteiger partial charge is 0.340 e. The van der Waals surface area contributed by atoms with Crippen LogP contribution >= 0.6 is 27.5 Å². The second kappa shape index (κ2) is 5.19. The molecule has 2 nitrogen and oxygen atoms in total. The highest BCUT2D eigenvalue weighted by Gasteiger charge is 2.20. The predicted molar refractivity (Wildman–Crippen MR) is 69.3 cm³/mol. The number of ether oxygens (including phenoxy) is 1. The lowest BCUT2D eigenvalue weighted by Gasteiger charge is -2.20. The van der Waals surface area contributed by atoms with Crippen LogP contribution < -0.4 is 0 Å². The van der Waals surface area contributed by atoms with Crippen LogP contribution in [0.3, 0.4) is 0 Å². The number of carbonyl (C=O) groups is 1. The number of rotatable bonds is 2.